The van der Waals surface area contributed by atoms with Crippen molar-refractivity contribution in [2.75, 3.05) is 0 Å². The zero-order chi connectivity index (χ0) is 14.9. The van der Waals surface area contributed by atoms with Gasteiger partial charge < -0.3 is 5.11 Å². The van der Waals surface area contributed by atoms with Crippen LogP contribution < -0.4 is 0 Å². The summed E-state index contributed by atoms with van der Waals surface area (Å²) >= 11 is 5.95. The van der Waals surface area contributed by atoms with Crippen molar-refractivity contribution in [3.05, 3.63) is 77.1 Å². The molecule has 0 aliphatic rings. The molecule has 2 aromatic carbocycles. The van der Waals surface area contributed by atoms with Gasteiger partial charge in [-0.3, -0.25) is 4.98 Å². The van der Waals surface area contributed by atoms with E-state index in [1.807, 2.05) is 49.5 Å². The molecular formula is C18H16ClNO. The lowest BCUT2D eigenvalue weighted by molar-refractivity contribution is 0.0777. The van der Waals surface area contributed by atoms with Gasteiger partial charge in [-0.1, -0.05) is 54.9 Å². The van der Waals surface area contributed by atoms with E-state index < -0.39 is 5.60 Å². The molecule has 0 saturated heterocycles. The molecule has 1 N–H and O–H groups in total. The number of pyridine rings is 1. The molecule has 21 heavy (non-hydrogen) atoms. The van der Waals surface area contributed by atoms with Crippen LogP contribution in [0.3, 0.4) is 0 Å². The second-order valence-electron chi connectivity index (χ2n) is 5.13. The average molecular weight is 298 g/mol. The van der Waals surface area contributed by atoms with E-state index in [2.05, 4.69) is 4.98 Å². The molecule has 0 spiro atoms. The standard InChI is InChI=1S/C18H16ClNO/c1-2-18(21,14-7-9-15(19)10-8-14)17-12-20-11-13-5-3-4-6-16(13)17/h3-12,21H,2H2,1H3. The molecule has 1 heterocycles. The summed E-state index contributed by atoms with van der Waals surface area (Å²) in [6, 6.07) is 15.3. The number of aromatic nitrogens is 1. The normalized spacial score (nSPS) is 14.0. The second-order valence-corrected chi connectivity index (χ2v) is 5.57. The summed E-state index contributed by atoms with van der Waals surface area (Å²) in [7, 11) is 0. The Labute approximate surface area is 129 Å². The zero-order valence-electron chi connectivity index (χ0n) is 11.8. The van der Waals surface area contributed by atoms with E-state index in [0.717, 1.165) is 21.9 Å². The van der Waals surface area contributed by atoms with Crippen molar-refractivity contribution < 1.29 is 5.11 Å². The largest absolute Gasteiger partial charge is 0.380 e. The van der Waals surface area contributed by atoms with Crippen LogP contribution in [0.1, 0.15) is 24.5 Å². The van der Waals surface area contributed by atoms with Gasteiger partial charge in [0, 0.05) is 28.4 Å². The van der Waals surface area contributed by atoms with E-state index in [9.17, 15) is 5.11 Å². The highest BCUT2D eigenvalue weighted by molar-refractivity contribution is 6.30. The molecule has 0 aliphatic carbocycles. The summed E-state index contributed by atoms with van der Waals surface area (Å²) < 4.78 is 0. The minimum Gasteiger partial charge on any atom is -0.380 e. The molecule has 1 aromatic heterocycles. The van der Waals surface area contributed by atoms with Gasteiger partial charge in [-0.05, 0) is 29.5 Å². The van der Waals surface area contributed by atoms with Gasteiger partial charge in [0.2, 0.25) is 0 Å². The first-order valence-electron chi connectivity index (χ1n) is 6.97. The molecule has 0 aliphatic heterocycles. The van der Waals surface area contributed by atoms with Crippen LogP contribution in [0.25, 0.3) is 10.8 Å². The number of benzene rings is 2. The molecule has 1 atom stereocenters. The number of hydrogen-bond acceptors (Lipinski definition) is 2. The summed E-state index contributed by atoms with van der Waals surface area (Å²) in [5.74, 6) is 0. The van der Waals surface area contributed by atoms with Crippen molar-refractivity contribution >= 4 is 22.4 Å². The Morgan fingerprint density at radius 1 is 1.05 bits per heavy atom. The third-order valence-electron chi connectivity index (χ3n) is 3.95. The summed E-state index contributed by atoms with van der Waals surface area (Å²) in [5.41, 5.74) is 0.580. The van der Waals surface area contributed by atoms with Crippen LogP contribution in [-0.2, 0) is 5.60 Å². The first kappa shape index (κ1) is 14.1. The highest BCUT2D eigenvalue weighted by Crippen LogP contribution is 2.36. The van der Waals surface area contributed by atoms with Crippen LogP contribution >= 0.6 is 11.6 Å². The smallest absolute Gasteiger partial charge is 0.116 e. The van der Waals surface area contributed by atoms with Crippen LogP contribution in [0.5, 0.6) is 0 Å². The Bertz CT molecular complexity index is 764. The molecule has 0 radical (unpaired) electrons. The van der Waals surface area contributed by atoms with Gasteiger partial charge >= 0.3 is 0 Å². The predicted molar refractivity (Wildman–Crippen MR) is 86.5 cm³/mol. The van der Waals surface area contributed by atoms with Crippen molar-refractivity contribution in [3.63, 3.8) is 0 Å². The maximum Gasteiger partial charge on any atom is 0.116 e. The van der Waals surface area contributed by atoms with E-state index in [1.165, 1.54) is 0 Å². The highest BCUT2D eigenvalue weighted by atomic mass is 35.5. The Morgan fingerprint density at radius 3 is 2.48 bits per heavy atom. The van der Waals surface area contributed by atoms with E-state index in [0.29, 0.717) is 11.4 Å². The van der Waals surface area contributed by atoms with Crippen molar-refractivity contribution in [2.24, 2.45) is 0 Å². The van der Waals surface area contributed by atoms with Gasteiger partial charge in [0.05, 0.1) is 0 Å². The third-order valence-corrected chi connectivity index (χ3v) is 4.20. The van der Waals surface area contributed by atoms with Crippen LogP contribution in [0.2, 0.25) is 5.02 Å². The molecule has 3 heteroatoms. The highest BCUT2D eigenvalue weighted by Gasteiger charge is 2.31. The minimum atomic E-state index is -1.07. The first-order chi connectivity index (χ1) is 10.1. The fourth-order valence-corrected chi connectivity index (χ4v) is 2.85. The van der Waals surface area contributed by atoms with Crippen LogP contribution in [0, 0.1) is 0 Å². The fraction of sp³-hybridized carbons (Fsp3) is 0.167. The molecule has 1 unspecified atom stereocenters. The van der Waals surface area contributed by atoms with Crippen LogP contribution in [0.15, 0.2) is 60.9 Å². The Balaban J connectivity index is 2.24. The van der Waals surface area contributed by atoms with Gasteiger partial charge in [0.25, 0.3) is 0 Å². The van der Waals surface area contributed by atoms with E-state index in [4.69, 9.17) is 11.6 Å². The van der Waals surface area contributed by atoms with Crippen molar-refractivity contribution in [2.45, 2.75) is 18.9 Å². The van der Waals surface area contributed by atoms with E-state index in [-0.39, 0.29) is 0 Å². The summed E-state index contributed by atoms with van der Waals surface area (Å²) in [5, 5.41) is 14.0. The fourth-order valence-electron chi connectivity index (χ4n) is 2.72. The molecule has 0 saturated carbocycles. The Kier molecular flexibility index (Phi) is 3.66. The number of nitrogens with zero attached hydrogens (tertiary/aromatic N) is 1. The number of hydrogen-bond donors (Lipinski definition) is 1. The molecule has 0 fully saturated rings. The summed E-state index contributed by atoms with van der Waals surface area (Å²) in [6.07, 6.45) is 4.13. The van der Waals surface area contributed by atoms with Crippen LogP contribution in [-0.4, -0.2) is 10.1 Å². The van der Waals surface area contributed by atoms with E-state index in [1.54, 1.807) is 18.3 Å². The molecule has 0 bridgehead atoms. The van der Waals surface area contributed by atoms with Gasteiger partial charge in [-0.25, -0.2) is 0 Å². The third kappa shape index (κ3) is 2.41. The predicted octanol–water partition coefficient (Wildman–Crippen LogP) is 4.53. The molecule has 3 rings (SSSR count). The Hall–Kier alpha value is -1.90. The maximum absolute atomic E-state index is 11.3. The number of halogens is 1. The summed E-state index contributed by atoms with van der Waals surface area (Å²) in [6.45, 7) is 1.97. The minimum absolute atomic E-state index is 0.560. The topological polar surface area (TPSA) is 33.1 Å². The molecular weight excluding hydrogens is 282 g/mol. The summed E-state index contributed by atoms with van der Waals surface area (Å²) in [4.78, 5) is 4.28. The quantitative estimate of drug-likeness (QED) is 0.770. The zero-order valence-corrected chi connectivity index (χ0v) is 12.5. The average Bonchev–Trinajstić information content (AvgIpc) is 2.54. The molecule has 3 aromatic rings. The lowest BCUT2D eigenvalue weighted by Crippen LogP contribution is -2.26. The lowest BCUT2D eigenvalue weighted by atomic mass is 9.83. The number of rotatable bonds is 3. The van der Waals surface area contributed by atoms with E-state index >= 15 is 0 Å². The number of fused-ring (bicyclic) bond motifs is 1. The molecule has 0 amide bonds. The Morgan fingerprint density at radius 2 is 1.76 bits per heavy atom. The number of aliphatic hydroxyl groups is 1. The SMILES string of the molecule is CCC(O)(c1ccc(Cl)cc1)c1cncc2ccccc12. The van der Waals surface area contributed by atoms with Gasteiger partial charge in [0.15, 0.2) is 0 Å². The van der Waals surface area contributed by atoms with Crippen LogP contribution in [0.4, 0.5) is 0 Å². The molecule has 106 valence electrons. The van der Waals surface area contributed by atoms with Crippen molar-refractivity contribution in [1.29, 1.82) is 0 Å². The second kappa shape index (κ2) is 5.47. The maximum atomic E-state index is 11.3. The van der Waals surface area contributed by atoms with Gasteiger partial charge in [-0.2, -0.15) is 0 Å². The van der Waals surface area contributed by atoms with Gasteiger partial charge in [0.1, 0.15) is 5.60 Å². The monoisotopic (exact) mass is 297 g/mol. The lowest BCUT2D eigenvalue weighted by Gasteiger charge is -2.29. The van der Waals surface area contributed by atoms with Crippen molar-refractivity contribution in [3.8, 4) is 0 Å². The molecule has 2 nitrogen and oxygen atoms in total. The first-order valence-corrected chi connectivity index (χ1v) is 7.34. The van der Waals surface area contributed by atoms with Gasteiger partial charge in [-0.15, -0.1) is 0 Å². The van der Waals surface area contributed by atoms with Crippen molar-refractivity contribution in [1.82, 2.24) is 4.98 Å².